The van der Waals surface area contributed by atoms with E-state index in [2.05, 4.69) is 12.6 Å². The van der Waals surface area contributed by atoms with Crippen molar-refractivity contribution in [3.05, 3.63) is 34.9 Å². The quantitative estimate of drug-likeness (QED) is 0.408. The summed E-state index contributed by atoms with van der Waals surface area (Å²) >= 11 is 11.8. The predicted molar refractivity (Wildman–Crippen MR) is 94.1 cm³/mol. The lowest BCUT2D eigenvalue weighted by molar-refractivity contribution is -0.142. The van der Waals surface area contributed by atoms with Crippen LogP contribution in [0.3, 0.4) is 0 Å². The monoisotopic (exact) mass is 347 g/mol. The number of thiol groups is 1. The second kappa shape index (κ2) is 10.4. The van der Waals surface area contributed by atoms with Gasteiger partial charge >= 0.3 is 0 Å². The zero-order valence-corrected chi connectivity index (χ0v) is 14.6. The molecule has 0 radical (unpaired) electrons. The van der Waals surface area contributed by atoms with Crippen LogP contribution in [0.4, 0.5) is 0 Å². The highest BCUT2D eigenvalue weighted by Crippen LogP contribution is 2.17. The fraction of sp³-hybridized carbons (Fsp3) is 0.533. The number of carbonyl (C=O) groups is 1. The predicted octanol–water partition coefficient (Wildman–Crippen LogP) is 3.45. The maximum absolute atomic E-state index is 12.2. The fourth-order valence-corrected chi connectivity index (χ4v) is 2.86. The molecular formula is C15H22ClNO2S2. The van der Waals surface area contributed by atoms with Crippen LogP contribution in [0, 0.1) is 0 Å². The Morgan fingerprint density at radius 2 is 2.29 bits per heavy atom. The molecule has 1 aromatic carbocycles. The standard InChI is InChI=1S/C15H22ClNO2S2/c1-21-9-3-6-14(18)17(15(19)7-8-20)11-12-4-2-5-13(16)10-12/h2,4-5,10,14,18,20H,3,6-9,11H2,1H3. The van der Waals surface area contributed by atoms with Crippen LogP contribution in [-0.4, -0.2) is 39.9 Å². The van der Waals surface area contributed by atoms with Gasteiger partial charge in [0.05, 0.1) is 0 Å². The largest absolute Gasteiger partial charge is 0.374 e. The third kappa shape index (κ3) is 6.96. The van der Waals surface area contributed by atoms with E-state index >= 15 is 0 Å². The molecule has 21 heavy (non-hydrogen) atoms. The van der Waals surface area contributed by atoms with Crippen LogP contribution in [0.25, 0.3) is 0 Å². The summed E-state index contributed by atoms with van der Waals surface area (Å²) in [5.41, 5.74) is 0.916. The summed E-state index contributed by atoms with van der Waals surface area (Å²) in [6.07, 6.45) is 3.05. The van der Waals surface area contributed by atoms with E-state index in [1.807, 2.05) is 24.5 Å². The summed E-state index contributed by atoms with van der Waals surface area (Å²) < 4.78 is 0. The van der Waals surface area contributed by atoms with Crippen molar-refractivity contribution in [1.82, 2.24) is 4.90 Å². The minimum Gasteiger partial charge on any atom is -0.374 e. The van der Waals surface area contributed by atoms with E-state index in [1.165, 1.54) is 4.90 Å². The lowest BCUT2D eigenvalue weighted by atomic mass is 10.2. The number of hydrogen-bond donors (Lipinski definition) is 2. The average Bonchev–Trinajstić information content (AvgIpc) is 2.45. The molecule has 1 rings (SSSR count). The van der Waals surface area contributed by atoms with Gasteiger partial charge in [0, 0.05) is 18.0 Å². The third-order valence-corrected chi connectivity index (χ3v) is 4.21. The Labute approximate surface area is 141 Å². The zero-order valence-electron chi connectivity index (χ0n) is 12.2. The van der Waals surface area contributed by atoms with Crippen molar-refractivity contribution in [1.29, 1.82) is 0 Å². The first-order chi connectivity index (χ1) is 10.1. The second-order valence-electron chi connectivity index (χ2n) is 4.74. The van der Waals surface area contributed by atoms with E-state index in [1.54, 1.807) is 17.8 Å². The Morgan fingerprint density at radius 1 is 1.52 bits per heavy atom. The van der Waals surface area contributed by atoms with Crippen molar-refractivity contribution in [2.75, 3.05) is 17.8 Å². The molecule has 118 valence electrons. The number of hydrogen-bond acceptors (Lipinski definition) is 4. The highest BCUT2D eigenvalue weighted by molar-refractivity contribution is 7.98. The molecule has 0 aliphatic rings. The summed E-state index contributed by atoms with van der Waals surface area (Å²) in [5, 5.41) is 10.9. The van der Waals surface area contributed by atoms with Gasteiger partial charge in [-0.2, -0.15) is 24.4 Å². The van der Waals surface area contributed by atoms with Gasteiger partial charge in [-0.05, 0) is 48.3 Å². The van der Waals surface area contributed by atoms with E-state index < -0.39 is 6.23 Å². The van der Waals surface area contributed by atoms with E-state index in [9.17, 15) is 9.90 Å². The Morgan fingerprint density at radius 3 is 2.90 bits per heavy atom. The molecule has 1 atom stereocenters. The van der Waals surface area contributed by atoms with Crippen LogP contribution in [0.1, 0.15) is 24.8 Å². The minimum absolute atomic E-state index is 0.0818. The molecule has 3 nitrogen and oxygen atoms in total. The van der Waals surface area contributed by atoms with Gasteiger partial charge in [-0.3, -0.25) is 4.79 Å². The van der Waals surface area contributed by atoms with Crippen molar-refractivity contribution >= 4 is 41.9 Å². The first-order valence-electron chi connectivity index (χ1n) is 6.90. The Hall–Kier alpha value is -0.360. The number of nitrogens with zero attached hydrogens (tertiary/aromatic N) is 1. The second-order valence-corrected chi connectivity index (χ2v) is 6.61. The molecular weight excluding hydrogens is 326 g/mol. The molecule has 0 bridgehead atoms. The highest BCUT2D eigenvalue weighted by atomic mass is 35.5. The van der Waals surface area contributed by atoms with Gasteiger partial charge in [0.1, 0.15) is 6.23 Å². The Kier molecular flexibility index (Phi) is 9.24. The average molecular weight is 348 g/mol. The first kappa shape index (κ1) is 18.7. The fourth-order valence-electron chi connectivity index (χ4n) is 2.00. The molecule has 0 heterocycles. The molecule has 0 saturated heterocycles. The molecule has 1 N–H and O–H groups in total. The lowest BCUT2D eigenvalue weighted by Gasteiger charge is -2.28. The maximum atomic E-state index is 12.2. The summed E-state index contributed by atoms with van der Waals surface area (Å²) in [7, 11) is 0. The first-order valence-corrected chi connectivity index (χ1v) is 9.30. The minimum atomic E-state index is -0.761. The summed E-state index contributed by atoms with van der Waals surface area (Å²) in [6.45, 7) is 0.369. The number of carbonyl (C=O) groups excluding carboxylic acids is 1. The van der Waals surface area contributed by atoms with Gasteiger partial charge in [0.25, 0.3) is 0 Å². The molecule has 0 saturated carbocycles. The van der Waals surface area contributed by atoms with E-state index in [0.29, 0.717) is 30.2 Å². The van der Waals surface area contributed by atoms with E-state index in [4.69, 9.17) is 11.6 Å². The Balaban J connectivity index is 2.74. The van der Waals surface area contributed by atoms with Crippen molar-refractivity contribution < 1.29 is 9.90 Å². The molecule has 1 aromatic rings. The molecule has 1 amide bonds. The lowest BCUT2D eigenvalue weighted by Crippen LogP contribution is -2.40. The van der Waals surface area contributed by atoms with Crippen LogP contribution in [-0.2, 0) is 11.3 Å². The summed E-state index contributed by atoms with van der Waals surface area (Å²) in [5.74, 6) is 1.37. The van der Waals surface area contributed by atoms with Crippen LogP contribution in [0.2, 0.25) is 5.02 Å². The smallest absolute Gasteiger partial charge is 0.225 e. The van der Waals surface area contributed by atoms with Gasteiger partial charge < -0.3 is 10.0 Å². The molecule has 6 heteroatoms. The van der Waals surface area contributed by atoms with Gasteiger partial charge in [-0.15, -0.1) is 0 Å². The summed E-state index contributed by atoms with van der Waals surface area (Å²) in [6, 6.07) is 7.36. The number of rotatable bonds is 9. The molecule has 0 fully saturated rings. The van der Waals surface area contributed by atoms with Crippen LogP contribution in [0.15, 0.2) is 24.3 Å². The number of benzene rings is 1. The van der Waals surface area contributed by atoms with E-state index in [-0.39, 0.29) is 5.91 Å². The number of halogens is 1. The third-order valence-electron chi connectivity index (χ3n) is 3.06. The van der Waals surface area contributed by atoms with Gasteiger partial charge in [-0.1, -0.05) is 23.7 Å². The number of amides is 1. The number of aliphatic hydroxyl groups excluding tert-OH is 1. The Bertz CT molecular complexity index is 445. The van der Waals surface area contributed by atoms with Gasteiger partial charge in [0.2, 0.25) is 5.91 Å². The zero-order chi connectivity index (χ0) is 15.7. The van der Waals surface area contributed by atoms with Crippen LogP contribution >= 0.6 is 36.0 Å². The van der Waals surface area contributed by atoms with Crippen molar-refractivity contribution in [2.24, 2.45) is 0 Å². The van der Waals surface area contributed by atoms with Crippen molar-refractivity contribution in [3.8, 4) is 0 Å². The highest BCUT2D eigenvalue weighted by Gasteiger charge is 2.21. The molecule has 0 spiro atoms. The number of thioether (sulfide) groups is 1. The van der Waals surface area contributed by atoms with Gasteiger partial charge in [-0.25, -0.2) is 0 Å². The van der Waals surface area contributed by atoms with Gasteiger partial charge in [0.15, 0.2) is 0 Å². The van der Waals surface area contributed by atoms with Crippen molar-refractivity contribution in [2.45, 2.75) is 32.0 Å². The SMILES string of the molecule is CSCCCC(O)N(Cc1cccc(Cl)c1)C(=O)CCS. The normalized spacial score (nSPS) is 12.2. The van der Waals surface area contributed by atoms with E-state index in [0.717, 1.165) is 17.7 Å². The van der Waals surface area contributed by atoms with Crippen LogP contribution < -0.4 is 0 Å². The molecule has 0 aliphatic carbocycles. The molecule has 1 unspecified atom stereocenters. The molecule has 0 aliphatic heterocycles. The topological polar surface area (TPSA) is 40.5 Å². The summed E-state index contributed by atoms with van der Waals surface area (Å²) in [4.78, 5) is 13.7. The van der Waals surface area contributed by atoms with Crippen molar-refractivity contribution in [3.63, 3.8) is 0 Å². The number of aliphatic hydroxyl groups is 1. The van der Waals surface area contributed by atoms with Crippen LogP contribution in [0.5, 0.6) is 0 Å². The molecule has 0 aromatic heterocycles. The maximum Gasteiger partial charge on any atom is 0.225 e.